The second-order valence-corrected chi connectivity index (χ2v) is 2.56. The van der Waals surface area contributed by atoms with Crippen LogP contribution in [0.2, 0.25) is 0 Å². The molecular formula is C7H8O. The molecule has 0 aromatic heterocycles. The molecule has 1 unspecified atom stereocenters. The van der Waals surface area contributed by atoms with Gasteiger partial charge >= 0.3 is 0 Å². The molecule has 1 atom stereocenters. The molecule has 0 spiro atoms. The van der Waals surface area contributed by atoms with E-state index in [9.17, 15) is 0 Å². The van der Waals surface area contributed by atoms with Crippen LogP contribution in [0.25, 0.3) is 0 Å². The van der Waals surface area contributed by atoms with E-state index >= 15 is 0 Å². The molecule has 0 radical (unpaired) electrons. The largest absolute Gasteiger partial charge is 0.484 e. The fourth-order valence-electron chi connectivity index (χ4n) is 1.12. The molecule has 2 bridgehead atoms. The van der Waals surface area contributed by atoms with Crippen molar-refractivity contribution in [3.63, 3.8) is 0 Å². The van der Waals surface area contributed by atoms with Gasteiger partial charge in [0.2, 0.25) is 0 Å². The third kappa shape index (κ3) is 0.365. The summed E-state index contributed by atoms with van der Waals surface area (Å²) >= 11 is 0. The number of hydrogen-bond acceptors (Lipinski definition) is 1. The summed E-state index contributed by atoms with van der Waals surface area (Å²) in [6, 6.07) is 0. The van der Waals surface area contributed by atoms with E-state index in [2.05, 4.69) is 19.1 Å². The van der Waals surface area contributed by atoms with Gasteiger partial charge in [-0.05, 0) is 25.2 Å². The van der Waals surface area contributed by atoms with Crippen LogP contribution >= 0.6 is 0 Å². The van der Waals surface area contributed by atoms with E-state index in [-0.39, 0.29) is 5.60 Å². The van der Waals surface area contributed by atoms with E-state index in [1.54, 1.807) is 0 Å². The fraction of sp³-hybridized carbons (Fsp3) is 0.429. The Labute approximate surface area is 48.7 Å². The summed E-state index contributed by atoms with van der Waals surface area (Å²) in [6.07, 6.45) is 7.32. The van der Waals surface area contributed by atoms with Crippen LogP contribution in [0.15, 0.2) is 24.0 Å². The van der Waals surface area contributed by atoms with Crippen LogP contribution in [0, 0.1) is 0 Å². The fourth-order valence-corrected chi connectivity index (χ4v) is 1.12. The van der Waals surface area contributed by atoms with Crippen molar-refractivity contribution < 1.29 is 4.74 Å². The first-order chi connectivity index (χ1) is 3.79. The molecule has 0 aliphatic carbocycles. The Bertz CT molecular complexity index is 179. The standard InChI is InChI=1S/C7H8O/c1-7-4-2-6(8-7)3-5-7/h2-4H,5H2,1H3. The highest BCUT2D eigenvalue weighted by Crippen LogP contribution is 2.35. The molecule has 1 heteroatoms. The van der Waals surface area contributed by atoms with Crippen LogP contribution in [0.4, 0.5) is 0 Å². The maximum Gasteiger partial charge on any atom is 0.128 e. The number of hydrogen-bond donors (Lipinski definition) is 0. The van der Waals surface area contributed by atoms with Gasteiger partial charge in [0.15, 0.2) is 0 Å². The van der Waals surface area contributed by atoms with E-state index in [0.717, 1.165) is 12.2 Å². The van der Waals surface area contributed by atoms with Gasteiger partial charge in [-0.15, -0.1) is 0 Å². The van der Waals surface area contributed by atoms with Gasteiger partial charge in [0, 0.05) is 6.42 Å². The molecule has 0 aromatic rings. The minimum Gasteiger partial charge on any atom is -0.484 e. The lowest BCUT2D eigenvalue weighted by Crippen LogP contribution is -2.16. The summed E-state index contributed by atoms with van der Waals surface area (Å²) in [7, 11) is 0. The predicted octanol–water partition coefficient (Wildman–Crippen LogP) is 1.62. The summed E-state index contributed by atoms with van der Waals surface area (Å²) in [5.41, 5.74) is 0.0370. The van der Waals surface area contributed by atoms with Crippen molar-refractivity contribution in [2.24, 2.45) is 0 Å². The molecule has 0 amide bonds. The Morgan fingerprint density at radius 1 is 1.75 bits per heavy atom. The van der Waals surface area contributed by atoms with Crippen molar-refractivity contribution in [3.05, 3.63) is 24.0 Å². The molecule has 0 aromatic carbocycles. The first kappa shape index (κ1) is 4.19. The molecular weight excluding hydrogens is 100 g/mol. The lowest BCUT2D eigenvalue weighted by atomic mass is 10.0. The molecule has 1 nitrogen and oxygen atoms in total. The van der Waals surface area contributed by atoms with Crippen molar-refractivity contribution in [2.45, 2.75) is 18.9 Å². The van der Waals surface area contributed by atoms with Crippen molar-refractivity contribution >= 4 is 0 Å². The van der Waals surface area contributed by atoms with Gasteiger partial charge < -0.3 is 4.74 Å². The maximum absolute atomic E-state index is 5.41. The molecule has 42 valence electrons. The number of ether oxygens (including phenoxy) is 1. The summed E-state index contributed by atoms with van der Waals surface area (Å²) in [5.74, 6) is 1.05. The van der Waals surface area contributed by atoms with E-state index in [1.165, 1.54) is 0 Å². The molecule has 0 fully saturated rings. The average Bonchev–Trinajstić information content (AvgIpc) is 2.21. The maximum atomic E-state index is 5.41. The SMILES string of the molecule is CC12C=CC(=CC1)O2. The van der Waals surface area contributed by atoms with Crippen LogP contribution in [-0.2, 0) is 4.74 Å². The van der Waals surface area contributed by atoms with Gasteiger partial charge in [0.1, 0.15) is 11.4 Å². The smallest absolute Gasteiger partial charge is 0.128 e. The first-order valence-electron chi connectivity index (χ1n) is 2.87. The Hall–Kier alpha value is -0.720. The van der Waals surface area contributed by atoms with Gasteiger partial charge in [-0.2, -0.15) is 0 Å². The van der Waals surface area contributed by atoms with Gasteiger partial charge in [-0.25, -0.2) is 0 Å². The minimum atomic E-state index is 0.0370. The molecule has 2 aliphatic heterocycles. The van der Waals surface area contributed by atoms with Gasteiger partial charge in [0.25, 0.3) is 0 Å². The molecule has 2 aliphatic rings. The first-order valence-corrected chi connectivity index (χ1v) is 2.87. The third-order valence-corrected chi connectivity index (χ3v) is 1.66. The summed E-state index contributed by atoms with van der Waals surface area (Å²) < 4.78 is 5.41. The number of fused-ring (bicyclic) bond motifs is 2. The molecule has 0 N–H and O–H groups in total. The van der Waals surface area contributed by atoms with Gasteiger partial charge in [0.05, 0.1) is 0 Å². The second kappa shape index (κ2) is 0.993. The molecule has 2 rings (SSSR count). The van der Waals surface area contributed by atoms with Crippen LogP contribution in [-0.4, -0.2) is 5.60 Å². The van der Waals surface area contributed by atoms with E-state index in [1.807, 2.05) is 6.08 Å². The van der Waals surface area contributed by atoms with Crippen molar-refractivity contribution in [2.75, 3.05) is 0 Å². The highest BCUT2D eigenvalue weighted by molar-refractivity contribution is 5.30. The quantitative estimate of drug-likeness (QED) is 0.458. The highest BCUT2D eigenvalue weighted by Gasteiger charge is 2.32. The average molecular weight is 108 g/mol. The zero-order chi connectivity index (χ0) is 5.61. The predicted molar refractivity (Wildman–Crippen MR) is 31.3 cm³/mol. The minimum absolute atomic E-state index is 0.0370. The molecule has 0 saturated carbocycles. The monoisotopic (exact) mass is 108 g/mol. The molecule has 0 saturated heterocycles. The Kier molecular flexibility index (Phi) is 0.520. The van der Waals surface area contributed by atoms with Crippen LogP contribution < -0.4 is 0 Å². The van der Waals surface area contributed by atoms with Gasteiger partial charge in [-0.1, -0.05) is 0 Å². The second-order valence-electron chi connectivity index (χ2n) is 2.56. The normalized spacial score (nSPS) is 39.9. The zero-order valence-corrected chi connectivity index (χ0v) is 4.85. The highest BCUT2D eigenvalue weighted by atomic mass is 16.5. The summed E-state index contributed by atoms with van der Waals surface area (Å²) in [6.45, 7) is 2.10. The van der Waals surface area contributed by atoms with E-state index < -0.39 is 0 Å². The van der Waals surface area contributed by atoms with Gasteiger partial charge in [-0.3, -0.25) is 0 Å². The number of rotatable bonds is 0. The van der Waals surface area contributed by atoms with E-state index in [0.29, 0.717) is 0 Å². The van der Waals surface area contributed by atoms with Crippen LogP contribution in [0.3, 0.4) is 0 Å². The Balaban J connectivity index is 2.45. The van der Waals surface area contributed by atoms with Crippen LogP contribution in [0.5, 0.6) is 0 Å². The molecule has 2 heterocycles. The van der Waals surface area contributed by atoms with E-state index in [4.69, 9.17) is 4.74 Å². The lowest BCUT2D eigenvalue weighted by molar-refractivity contribution is 0.112. The van der Waals surface area contributed by atoms with Crippen LogP contribution in [0.1, 0.15) is 13.3 Å². The lowest BCUT2D eigenvalue weighted by Gasteiger charge is -2.14. The molecule has 8 heavy (non-hydrogen) atoms. The number of allylic oxidation sites excluding steroid dienone is 1. The summed E-state index contributed by atoms with van der Waals surface area (Å²) in [5, 5.41) is 0. The van der Waals surface area contributed by atoms with Crippen molar-refractivity contribution in [1.29, 1.82) is 0 Å². The Morgan fingerprint density at radius 3 is 2.75 bits per heavy atom. The zero-order valence-electron chi connectivity index (χ0n) is 4.85. The van der Waals surface area contributed by atoms with Crippen molar-refractivity contribution in [1.82, 2.24) is 0 Å². The topological polar surface area (TPSA) is 9.23 Å². The Morgan fingerprint density at radius 2 is 2.62 bits per heavy atom. The summed E-state index contributed by atoms with van der Waals surface area (Å²) in [4.78, 5) is 0. The third-order valence-electron chi connectivity index (χ3n) is 1.66. The van der Waals surface area contributed by atoms with Crippen molar-refractivity contribution in [3.8, 4) is 0 Å².